The molecule has 81 heavy (non-hydrogen) atoms. The van der Waals surface area contributed by atoms with Crippen molar-refractivity contribution in [2.45, 2.75) is 106 Å². The smallest absolute Gasteiger partial charge is 0.407 e. The molecular weight excluding hydrogens is 1060 g/mol. The van der Waals surface area contributed by atoms with Crippen molar-refractivity contribution < 1.29 is 99.8 Å². The lowest BCUT2D eigenvalue weighted by molar-refractivity contribution is -0.140. The highest BCUT2D eigenvalue weighted by Gasteiger charge is 2.43. The first kappa shape index (κ1) is 72.2. The molecule has 25 nitrogen and oxygen atoms in total. The molecule has 0 spiro atoms. The van der Waals surface area contributed by atoms with Gasteiger partial charge in [0.15, 0.2) is 0 Å². The number of rotatable bonds is 44. The summed E-state index contributed by atoms with van der Waals surface area (Å²) >= 11 is 0. The van der Waals surface area contributed by atoms with Crippen molar-refractivity contribution >= 4 is 36.3 Å². The third-order valence-corrected chi connectivity index (χ3v) is 12.5. The van der Waals surface area contributed by atoms with Crippen LogP contribution in [-0.4, -0.2) is 220 Å². The van der Waals surface area contributed by atoms with Crippen molar-refractivity contribution in [3.05, 3.63) is 24.3 Å². The van der Waals surface area contributed by atoms with Crippen LogP contribution < -0.4 is 21.3 Å². The summed E-state index contributed by atoms with van der Waals surface area (Å²) in [5.41, 5.74) is -0.230. The first-order valence-electron chi connectivity index (χ1n) is 28.0. The molecule has 25 heteroatoms. The number of alkyl carbamates (subject to hydrolysis) is 4. The van der Waals surface area contributed by atoms with Gasteiger partial charge in [0.2, 0.25) is 0 Å². The third kappa shape index (κ3) is 37.8. The molecule has 2 aliphatic rings. The number of nitrogens with one attached hydrogen (secondary N) is 4. The Morgan fingerprint density at radius 3 is 0.827 bits per heavy atom. The van der Waals surface area contributed by atoms with E-state index in [4.69, 9.17) is 71.1 Å². The Kier molecular flexibility index (Phi) is 36.7. The zero-order chi connectivity index (χ0) is 59.8. The third-order valence-electron chi connectivity index (χ3n) is 12.5. The molecule has 2 rings (SSSR count). The van der Waals surface area contributed by atoms with Gasteiger partial charge in [-0.1, -0.05) is 54.7 Å². The van der Waals surface area contributed by atoms with Crippen LogP contribution in [0.15, 0.2) is 24.3 Å². The van der Waals surface area contributed by atoms with Crippen LogP contribution in [0.2, 0.25) is 0 Å². The molecule has 0 aromatic heterocycles. The lowest BCUT2D eigenvalue weighted by atomic mass is 9.62. The lowest BCUT2D eigenvalue weighted by Gasteiger charge is -2.46. The molecule has 2 aliphatic carbocycles. The van der Waals surface area contributed by atoms with Gasteiger partial charge in [-0.25, -0.2) is 28.8 Å². The maximum absolute atomic E-state index is 12.4. The van der Waals surface area contributed by atoms with E-state index in [1.165, 1.54) is 13.8 Å². The van der Waals surface area contributed by atoms with Gasteiger partial charge in [-0.15, -0.1) is 0 Å². The zero-order valence-corrected chi connectivity index (χ0v) is 49.8. The Morgan fingerprint density at radius 2 is 0.568 bits per heavy atom. The maximum atomic E-state index is 12.4. The van der Waals surface area contributed by atoms with Gasteiger partial charge in [-0.05, 0) is 74.0 Å². The number of hydrogen-bond acceptors (Lipinski definition) is 21. The second-order valence-corrected chi connectivity index (χ2v) is 22.4. The Labute approximate surface area is 479 Å². The van der Waals surface area contributed by atoms with E-state index < -0.39 is 36.3 Å². The number of hydrogen-bond donors (Lipinski definition) is 4. The van der Waals surface area contributed by atoms with Crippen molar-refractivity contribution in [3.63, 3.8) is 0 Å². The molecule has 4 unspecified atom stereocenters. The van der Waals surface area contributed by atoms with Crippen LogP contribution in [0.1, 0.15) is 93.9 Å². The number of carbonyl (C=O) groups is 6. The van der Waals surface area contributed by atoms with E-state index in [0.717, 1.165) is 25.7 Å². The highest BCUT2D eigenvalue weighted by molar-refractivity contribution is 5.87. The Bertz CT molecular complexity index is 1730. The molecule has 0 radical (unpaired) electrons. The number of amides is 4. The van der Waals surface area contributed by atoms with Gasteiger partial charge in [0, 0.05) is 36.3 Å². The van der Waals surface area contributed by atoms with Crippen LogP contribution in [0.25, 0.3) is 0 Å². The number of ether oxygens (including phenoxy) is 15. The minimum Gasteiger partial charge on any atom is -0.459 e. The van der Waals surface area contributed by atoms with Gasteiger partial charge < -0.3 is 92.3 Å². The van der Waals surface area contributed by atoms with Crippen molar-refractivity contribution in [3.8, 4) is 0 Å². The molecule has 4 amide bonds. The molecule has 2 saturated carbocycles. The van der Waals surface area contributed by atoms with Crippen LogP contribution in [-0.2, 0) is 80.6 Å². The minimum atomic E-state index is -0.588. The van der Waals surface area contributed by atoms with Gasteiger partial charge in [-0.2, -0.15) is 0 Å². The number of esters is 2. The molecule has 0 heterocycles. The molecule has 0 bridgehead atoms. The fourth-order valence-corrected chi connectivity index (χ4v) is 9.86. The van der Waals surface area contributed by atoms with E-state index >= 15 is 0 Å². The summed E-state index contributed by atoms with van der Waals surface area (Å²) in [7, 11) is 0. The standard InChI is InChI=1S/C56H98N4O21/c1-43(2)47(61)76-31-33-80-51(65)59-45-35-53(5,6)39-55(9,37-45)41-57-49(63)78-29-27-74-25-23-72-21-19-70-17-15-68-13-11-67-12-14-69-16-18-71-20-22-73-24-26-75-28-30-79-50(64)58-42-56(10)38-46(36-54(7,8)40-56)60-52(66)81-34-32-77-48(62)44(3)4/h45-46H,1,3,11-42H2,2,4-10H3,(H,57,63)(H,58,64)(H,59,65)(H,60,66). The van der Waals surface area contributed by atoms with Gasteiger partial charge in [0.05, 0.1) is 119 Å². The highest BCUT2D eigenvalue weighted by atomic mass is 16.6. The van der Waals surface area contributed by atoms with Crippen LogP contribution in [0.3, 0.4) is 0 Å². The monoisotopic (exact) mass is 1160 g/mol. The molecule has 4 atom stereocenters. The largest absolute Gasteiger partial charge is 0.459 e. The summed E-state index contributed by atoms with van der Waals surface area (Å²) in [6.45, 7) is 30.3. The fourth-order valence-electron chi connectivity index (χ4n) is 9.86. The second kappa shape index (κ2) is 41.2. The summed E-state index contributed by atoms with van der Waals surface area (Å²) in [5.74, 6) is -1.08. The van der Waals surface area contributed by atoms with E-state index in [-0.39, 0.29) is 97.7 Å². The average Bonchev–Trinajstić information content (AvgIpc) is 3.55. The maximum Gasteiger partial charge on any atom is 0.407 e. The predicted molar refractivity (Wildman–Crippen MR) is 296 cm³/mol. The van der Waals surface area contributed by atoms with E-state index in [2.05, 4.69) is 76.0 Å². The van der Waals surface area contributed by atoms with Crippen LogP contribution in [0.4, 0.5) is 19.2 Å². The zero-order valence-electron chi connectivity index (χ0n) is 49.8. The van der Waals surface area contributed by atoms with Crippen molar-refractivity contribution in [1.82, 2.24) is 21.3 Å². The van der Waals surface area contributed by atoms with Crippen LogP contribution in [0.5, 0.6) is 0 Å². The first-order chi connectivity index (χ1) is 38.5. The van der Waals surface area contributed by atoms with Gasteiger partial charge >= 0.3 is 36.3 Å². The van der Waals surface area contributed by atoms with Gasteiger partial charge in [0.25, 0.3) is 0 Å². The Balaban J connectivity index is 1.30. The van der Waals surface area contributed by atoms with Crippen molar-refractivity contribution in [2.24, 2.45) is 21.7 Å². The van der Waals surface area contributed by atoms with Gasteiger partial charge in [-0.3, -0.25) is 0 Å². The van der Waals surface area contributed by atoms with E-state index in [9.17, 15) is 28.8 Å². The minimum absolute atomic E-state index is 0.0590. The average molecular weight is 1160 g/mol. The predicted octanol–water partition coefficient (Wildman–Crippen LogP) is 5.45. The van der Waals surface area contributed by atoms with Crippen molar-refractivity contribution in [2.75, 3.05) is 172 Å². The highest BCUT2D eigenvalue weighted by Crippen LogP contribution is 2.47. The summed E-state index contributed by atoms with van der Waals surface area (Å²) in [6.07, 6.45) is 2.18. The normalized spacial score (nSPS) is 20.0. The fraction of sp³-hybridized carbons (Fsp3) is 0.821. The van der Waals surface area contributed by atoms with Crippen LogP contribution in [0, 0.1) is 21.7 Å². The van der Waals surface area contributed by atoms with E-state index in [1.54, 1.807) is 0 Å². The summed E-state index contributed by atoms with van der Waals surface area (Å²) < 4.78 is 80.5. The topological polar surface area (TPSA) is 289 Å². The lowest BCUT2D eigenvalue weighted by Crippen LogP contribution is -2.50. The molecular formula is C56H98N4O21. The number of carbonyl (C=O) groups excluding carboxylic acids is 6. The first-order valence-corrected chi connectivity index (χ1v) is 28.0. The van der Waals surface area contributed by atoms with E-state index in [1.807, 2.05) is 0 Å². The summed E-state index contributed by atoms with van der Waals surface area (Å²) in [4.78, 5) is 72.6. The second-order valence-electron chi connectivity index (χ2n) is 22.4. The molecule has 2 fully saturated rings. The molecule has 0 aromatic rings. The van der Waals surface area contributed by atoms with Crippen molar-refractivity contribution in [1.29, 1.82) is 0 Å². The summed E-state index contributed by atoms with van der Waals surface area (Å²) in [5, 5.41) is 11.5. The SMILES string of the molecule is C=C(C)C(=O)OCCOC(=O)NC1CC(C)(C)CC(C)(CNC(=O)OCCOCCOCCOCCOCCOCCOCCOCCOCCOCCOC(=O)NCC2(C)CC(NC(=O)OCCOC(=O)C(=C)C)CC(C)(C)C2)C1. The quantitative estimate of drug-likeness (QED) is 0.0255. The molecule has 468 valence electrons. The summed E-state index contributed by atoms with van der Waals surface area (Å²) in [6, 6.07) is -0.325. The molecule has 0 aromatic carbocycles. The van der Waals surface area contributed by atoms with E-state index in [0.29, 0.717) is 132 Å². The van der Waals surface area contributed by atoms with Gasteiger partial charge in [0.1, 0.15) is 39.6 Å². The molecule has 0 saturated heterocycles. The van der Waals surface area contributed by atoms with Crippen LogP contribution >= 0.6 is 0 Å². The Hall–Kier alpha value is -4.86. The molecule has 4 N–H and O–H groups in total. The Morgan fingerprint density at radius 1 is 0.346 bits per heavy atom. The molecule has 0 aliphatic heterocycles.